The highest BCUT2D eigenvalue weighted by atomic mass is 16.6. The number of ether oxygens (including phenoxy) is 1. The number of hydrogen-bond acceptors (Lipinski definition) is 4. The van der Waals surface area contributed by atoms with Gasteiger partial charge < -0.3 is 20.7 Å². The molecule has 1 rings (SSSR count). The summed E-state index contributed by atoms with van der Waals surface area (Å²) in [5.74, 6) is 0. The number of rotatable bonds is 1. The molecule has 1 saturated heterocycles. The van der Waals surface area contributed by atoms with Gasteiger partial charge in [-0.3, -0.25) is 0 Å². The van der Waals surface area contributed by atoms with Crippen molar-refractivity contribution < 1.29 is 15.0 Å². The van der Waals surface area contributed by atoms with Crippen molar-refractivity contribution in [2.45, 2.75) is 37.9 Å². The van der Waals surface area contributed by atoms with Crippen LogP contribution >= 0.6 is 0 Å². The molecule has 0 bridgehead atoms. The SMILES string of the molecule is [3H]O[C@@H]1OC(C)C[C@H](N)C1O. The molecule has 0 aromatic rings. The van der Waals surface area contributed by atoms with Gasteiger partial charge in [0, 0.05) is 6.04 Å². The van der Waals surface area contributed by atoms with E-state index in [1.807, 2.05) is 6.92 Å². The van der Waals surface area contributed by atoms with Crippen LogP contribution in [0.2, 0.25) is 0 Å². The third-order valence-corrected chi connectivity index (χ3v) is 1.69. The Morgan fingerprint density at radius 2 is 2.50 bits per heavy atom. The van der Waals surface area contributed by atoms with E-state index in [1.54, 1.807) is 0 Å². The Balaban J connectivity index is 2.51. The second-order valence-corrected chi connectivity index (χ2v) is 2.71. The fourth-order valence-electron chi connectivity index (χ4n) is 1.09. The molecule has 2 unspecified atom stereocenters. The van der Waals surface area contributed by atoms with Crippen LogP contribution in [0.1, 0.15) is 13.3 Å². The second-order valence-electron chi connectivity index (χ2n) is 2.71. The van der Waals surface area contributed by atoms with Gasteiger partial charge in [0.2, 0.25) is 1.43 Å². The Bertz CT molecular complexity index is 135. The molecule has 4 nitrogen and oxygen atoms in total. The first kappa shape index (κ1) is 6.54. The molecule has 60 valence electrons. The minimum atomic E-state index is -0.895. The quantitative estimate of drug-likeness (QED) is 0.438. The van der Waals surface area contributed by atoms with Crippen LogP contribution in [0, 0.1) is 0 Å². The van der Waals surface area contributed by atoms with E-state index >= 15 is 0 Å². The molecule has 0 amide bonds. The van der Waals surface area contributed by atoms with E-state index in [-0.39, 0.29) is 12.1 Å². The lowest BCUT2D eigenvalue weighted by Crippen LogP contribution is -2.51. The van der Waals surface area contributed by atoms with Gasteiger partial charge in [-0.15, -0.1) is 0 Å². The van der Waals surface area contributed by atoms with Crippen LogP contribution in [-0.4, -0.2) is 36.2 Å². The van der Waals surface area contributed by atoms with Gasteiger partial charge in [-0.1, -0.05) is 0 Å². The molecule has 4 heteroatoms. The Morgan fingerprint density at radius 3 is 3.10 bits per heavy atom. The van der Waals surface area contributed by atoms with Crippen LogP contribution in [0.5, 0.6) is 0 Å². The molecule has 0 aromatic carbocycles. The normalized spacial score (nSPS) is 50.5. The summed E-state index contributed by atoms with van der Waals surface area (Å²) in [5.41, 5.74) is 5.54. The van der Waals surface area contributed by atoms with E-state index in [9.17, 15) is 5.11 Å². The highest BCUT2D eigenvalue weighted by Gasteiger charge is 2.32. The van der Waals surface area contributed by atoms with Crippen LogP contribution < -0.4 is 5.73 Å². The first-order valence-corrected chi connectivity index (χ1v) is 3.36. The first-order valence-electron chi connectivity index (χ1n) is 3.77. The molecule has 0 radical (unpaired) electrons. The average Bonchev–Trinajstić information content (AvgIpc) is 1.96. The standard InChI is InChI=1S/C6H13NO3/c1-3-2-4(7)5(8)6(9)10-3/h3-6,8-9H,2,7H2,1H3/t3?,4-,5?,6+/m0/s1/i9T. The largest absolute Gasteiger partial charge is 0.386 e. The zero-order valence-corrected chi connectivity index (χ0v) is 5.86. The predicted octanol–water partition coefficient (Wildman–Crippen LogP) is -1.20. The summed E-state index contributed by atoms with van der Waals surface area (Å²) >= 11 is 0. The lowest BCUT2D eigenvalue weighted by Gasteiger charge is -2.33. The van der Waals surface area contributed by atoms with Gasteiger partial charge in [-0.05, 0) is 13.3 Å². The second kappa shape index (κ2) is 2.84. The highest BCUT2D eigenvalue weighted by molar-refractivity contribution is 4.81. The van der Waals surface area contributed by atoms with Crippen molar-refractivity contribution in [3.63, 3.8) is 0 Å². The monoisotopic (exact) mass is 149 g/mol. The molecule has 10 heavy (non-hydrogen) atoms. The highest BCUT2D eigenvalue weighted by Crippen LogP contribution is 2.16. The van der Waals surface area contributed by atoms with Crippen LogP contribution in [0.15, 0.2) is 0 Å². The Hall–Kier alpha value is -0.160. The third kappa shape index (κ3) is 1.46. The van der Waals surface area contributed by atoms with E-state index in [1.165, 1.54) is 0 Å². The van der Waals surface area contributed by atoms with Crippen molar-refractivity contribution in [1.29, 1.82) is 1.43 Å². The molecule has 4 N–H and O–H groups in total. The molecular formula is C6H13NO3. The zero-order valence-electron chi connectivity index (χ0n) is 6.86. The summed E-state index contributed by atoms with van der Waals surface area (Å²) < 4.78 is 11.6. The van der Waals surface area contributed by atoms with Crippen molar-refractivity contribution in [2.24, 2.45) is 5.73 Å². The van der Waals surface area contributed by atoms with Crippen LogP contribution in [0.3, 0.4) is 0 Å². The van der Waals surface area contributed by atoms with E-state index in [2.05, 4.69) is 5.11 Å². The molecule has 1 aliphatic heterocycles. The number of aliphatic hydroxyl groups is 2. The summed E-state index contributed by atoms with van der Waals surface area (Å²) in [6, 6.07) is -0.353. The number of nitrogens with two attached hydrogens (primary N) is 1. The van der Waals surface area contributed by atoms with Gasteiger partial charge in [0.25, 0.3) is 0 Å². The van der Waals surface area contributed by atoms with E-state index in [4.69, 9.17) is 11.9 Å². The summed E-state index contributed by atoms with van der Waals surface area (Å²) in [6.45, 7) is 1.83. The topological polar surface area (TPSA) is 75.7 Å². The van der Waals surface area contributed by atoms with E-state index in [0.717, 1.165) is 0 Å². The van der Waals surface area contributed by atoms with Crippen molar-refractivity contribution in [3.8, 4) is 0 Å². The van der Waals surface area contributed by atoms with Gasteiger partial charge in [0.05, 0.1) is 6.10 Å². The molecule has 4 atom stereocenters. The van der Waals surface area contributed by atoms with Crippen LogP contribution in [0.25, 0.3) is 0 Å². The Labute approximate surface area is 61.1 Å². The summed E-state index contributed by atoms with van der Waals surface area (Å²) in [5, 5.41) is 13.4. The summed E-state index contributed by atoms with van der Waals surface area (Å²) in [6.07, 6.45) is -1.23. The average molecular weight is 149 g/mol. The van der Waals surface area contributed by atoms with Gasteiger partial charge in [0.1, 0.15) is 6.10 Å². The van der Waals surface area contributed by atoms with Crippen molar-refractivity contribution in [3.05, 3.63) is 0 Å². The summed E-state index contributed by atoms with van der Waals surface area (Å²) in [4.78, 5) is 0. The Morgan fingerprint density at radius 1 is 1.80 bits per heavy atom. The molecule has 0 aliphatic carbocycles. The Kier molecular flexibility index (Phi) is 1.86. The smallest absolute Gasteiger partial charge is 0.213 e. The lowest BCUT2D eigenvalue weighted by atomic mass is 10.0. The molecule has 0 aromatic heterocycles. The lowest BCUT2D eigenvalue weighted by molar-refractivity contribution is -0.216. The third-order valence-electron chi connectivity index (χ3n) is 1.69. The maximum atomic E-state index is 9.26. The van der Waals surface area contributed by atoms with Crippen molar-refractivity contribution in [2.75, 3.05) is 0 Å². The first-order chi connectivity index (χ1) is 5.15. The van der Waals surface area contributed by atoms with E-state index < -0.39 is 12.4 Å². The van der Waals surface area contributed by atoms with Gasteiger partial charge in [-0.2, -0.15) is 0 Å². The molecule has 1 fully saturated rings. The molecular weight excluding hydrogens is 134 g/mol. The number of hydrogen-bond donors (Lipinski definition) is 3. The maximum Gasteiger partial charge on any atom is 0.213 e. The van der Waals surface area contributed by atoms with E-state index in [0.29, 0.717) is 6.42 Å². The minimum Gasteiger partial charge on any atom is -0.386 e. The van der Waals surface area contributed by atoms with Crippen molar-refractivity contribution >= 4 is 0 Å². The minimum absolute atomic E-state index is 0.0521. The maximum absolute atomic E-state index is 9.26. The fourth-order valence-corrected chi connectivity index (χ4v) is 1.09. The summed E-state index contributed by atoms with van der Waals surface area (Å²) in [7, 11) is 0. The van der Waals surface area contributed by atoms with Gasteiger partial charge in [0.15, 0.2) is 6.29 Å². The number of aliphatic hydroxyl groups excluding tert-OH is 2. The molecule has 0 spiro atoms. The fraction of sp³-hybridized carbons (Fsp3) is 1.00. The molecule has 1 heterocycles. The predicted molar refractivity (Wildman–Crippen MR) is 35.2 cm³/mol. The molecule has 0 saturated carbocycles. The van der Waals surface area contributed by atoms with Crippen LogP contribution in [-0.2, 0) is 4.74 Å². The van der Waals surface area contributed by atoms with Crippen LogP contribution in [0.4, 0.5) is 0 Å². The zero-order chi connectivity index (χ0) is 8.43. The van der Waals surface area contributed by atoms with Crippen molar-refractivity contribution in [1.82, 2.24) is 0 Å². The molecule has 1 aliphatic rings. The van der Waals surface area contributed by atoms with Gasteiger partial charge >= 0.3 is 0 Å². The van der Waals surface area contributed by atoms with Gasteiger partial charge in [-0.25, -0.2) is 0 Å².